The number of urea groups is 1. The van der Waals surface area contributed by atoms with E-state index >= 15 is 0 Å². The first-order valence-electron chi connectivity index (χ1n) is 11.7. The first-order valence-corrected chi connectivity index (χ1v) is 12.5. The Bertz CT molecular complexity index is 1040. The molecule has 33 heavy (non-hydrogen) atoms. The van der Waals surface area contributed by atoms with Gasteiger partial charge in [0.2, 0.25) is 5.91 Å². The molecule has 178 valence electrons. The molecule has 3 aliphatic heterocycles. The molecule has 2 aromatic rings. The van der Waals surface area contributed by atoms with E-state index in [-0.39, 0.29) is 17.4 Å². The van der Waals surface area contributed by atoms with Gasteiger partial charge in [0.25, 0.3) is 0 Å². The highest BCUT2D eigenvalue weighted by molar-refractivity contribution is 7.23. The molecule has 0 bridgehead atoms. The second kappa shape index (κ2) is 8.98. The number of hydrogen-bond acceptors (Lipinski definition) is 7. The lowest BCUT2D eigenvalue weighted by molar-refractivity contribution is -0.136. The Kier molecular flexibility index (Phi) is 6.05. The van der Waals surface area contributed by atoms with Gasteiger partial charge in [0.05, 0.1) is 35.6 Å². The topological polar surface area (TPSA) is 87.2 Å². The average Bonchev–Trinajstić information content (AvgIpc) is 3.38. The highest BCUT2D eigenvalue weighted by Gasteiger charge is 2.47. The number of fused-ring (bicyclic) bond motifs is 1. The number of carbonyl (C=O) groups excluding carboxylic acids is 2. The number of nitrogens with one attached hydrogen (secondary N) is 1. The molecule has 0 atom stereocenters. The van der Waals surface area contributed by atoms with Crippen LogP contribution in [0, 0.1) is 5.41 Å². The van der Waals surface area contributed by atoms with Crippen molar-refractivity contribution in [1.29, 1.82) is 0 Å². The van der Waals surface area contributed by atoms with Crippen molar-refractivity contribution in [3.8, 4) is 5.75 Å². The van der Waals surface area contributed by atoms with E-state index in [9.17, 15) is 9.59 Å². The number of likely N-dealkylation sites (tertiary alicyclic amines) is 2. The fourth-order valence-corrected chi connectivity index (χ4v) is 6.13. The third-order valence-corrected chi connectivity index (χ3v) is 8.08. The summed E-state index contributed by atoms with van der Waals surface area (Å²) in [5.41, 5.74) is 1.60. The van der Waals surface area contributed by atoms with Crippen LogP contribution in [0.1, 0.15) is 26.2 Å². The van der Waals surface area contributed by atoms with Gasteiger partial charge in [-0.3, -0.25) is 10.1 Å². The van der Waals surface area contributed by atoms with Crippen molar-refractivity contribution in [2.24, 2.45) is 5.41 Å². The van der Waals surface area contributed by atoms with Gasteiger partial charge in [-0.15, -0.1) is 0 Å². The van der Waals surface area contributed by atoms with Gasteiger partial charge in [-0.05, 0) is 38.3 Å². The molecule has 0 radical (unpaired) electrons. The van der Waals surface area contributed by atoms with E-state index in [0.717, 1.165) is 60.6 Å². The first-order chi connectivity index (χ1) is 16.0. The maximum atomic E-state index is 13.0. The van der Waals surface area contributed by atoms with E-state index in [1.807, 2.05) is 24.9 Å². The normalized spacial score (nSPS) is 20.7. The van der Waals surface area contributed by atoms with Crippen LogP contribution in [-0.4, -0.2) is 86.3 Å². The number of nitrogens with zero attached hydrogens (tertiary/aromatic N) is 4. The molecule has 0 unspecified atom stereocenters. The number of amides is 3. The molecule has 0 aliphatic carbocycles. The summed E-state index contributed by atoms with van der Waals surface area (Å²) in [5.74, 6) is 0.956. The van der Waals surface area contributed by atoms with Crippen molar-refractivity contribution in [3.63, 3.8) is 0 Å². The minimum Gasteiger partial charge on any atom is -0.492 e. The molecule has 1 aromatic carbocycles. The average molecular weight is 474 g/mol. The summed E-state index contributed by atoms with van der Waals surface area (Å²) >= 11 is 1.48. The number of ether oxygens (including phenoxy) is 2. The molecular formula is C23H31N5O4S. The number of hydrogen-bond donors (Lipinski definition) is 1. The van der Waals surface area contributed by atoms with Crippen molar-refractivity contribution in [2.75, 3.05) is 69.8 Å². The quantitative estimate of drug-likeness (QED) is 0.735. The molecule has 9 nitrogen and oxygen atoms in total. The van der Waals surface area contributed by atoms with Crippen LogP contribution in [0.15, 0.2) is 12.1 Å². The Morgan fingerprint density at radius 3 is 2.58 bits per heavy atom. The summed E-state index contributed by atoms with van der Waals surface area (Å²) in [4.78, 5) is 36.2. The Labute approximate surface area is 197 Å². The van der Waals surface area contributed by atoms with Crippen LogP contribution in [0.3, 0.4) is 0 Å². The first kappa shape index (κ1) is 22.2. The largest absolute Gasteiger partial charge is 0.492 e. The van der Waals surface area contributed by atoms with E-state index in [1.54, 1.807) is 4.90 Å². The van der Waals surface area contributed by atoms with Crippen LogP contribution < -0.4 is 15.0 Å². The highest BCUT2D eigenvalue weighted by atomic mass is 32.1. The summed E-state index contributed by atoms with van der Waals surface area (Å²) in [6.07, 6.45) is 2.33. The van der Waals surface area contributed by atoms with Gasteiger partial charge in [0, 0.05) is 39.8 Å². The molecular weight excluding hydrogens is 442 g/mol. The lowest BCUT2D eigenvalue weighted by Gasteiger charge is -2.37. The Morgan fingerprint density at radius 2 is 1.91 bits per heavy atom. The van der Waals surface area contributed by atoms with Gasteiger partial charge in [-0.25, -0.2) is 9.78 Å². The van der Waals surface area contributed by atoms with Crippen molar-refractivity contribution in [3.05, 3.63) is 12.1 Å². The summed E-state index contributed by atoms with van der Waals surface area (Å²) in [6, 6.07) is 3.87. The molecule has 1 N–H and O–H groups in total. The van der Waals surface area contributed by atoms with Gasteiger partial charge >= 0.3 is 6.03 Å². The third kappa shape index (κ3) is 4.10. The van der Waals surface area contributed by atoms with Crippen molar-refractivity contribution < 1.29 is 19.1 Å². The monoisotopic (exact) mass is 473 g/mol. The van der Waals surface area contributed by atoms with E-state index in [1.165, 1.54) is 11.3 Å². The summed E-state index contributed by atoms with van der Waals surface area (Å²) in [5, 5.41) is 3.56. The summed E-state index contributed by atoms with van der Waals surface area (Å²) in [7, 11) is 1.87. The summed E-state index contributed by atoms with van der Waals surface area (Å²) < 4.78 is 12.3. The van der Waals surface area contributed by atoms with Crippen molar-refractivity contribution >= 4 is 44.3 Å². The number of rotatable bonds is 4. The molecule has 1 aromatic heterocycles. The molecule has 3 amide bonds. The standard InChI is InChI=1S/C23H31N5O4S/c1-3-32-17-5-4-16(27-12-14-31-15-13-27)19-18(17)24-21(33-19)25-22(30)28-10-7-23(8-11-28)6-9-26(2)20(23)29/h4-5H,3,6-15H2,1-2H3,(H,24,25,30). The van der Waals surface area contributed by atoms with Crippen LogP contribution >= 0.6 is 11.3 Å². The molecule has 3 saturated heterocycles. The van der Waals surface area contributed by atoms with E-state index in [4.69, 9.17) is 14.5 Å². The molecule has 3 aliphatic rings. The van der Waals surface area contributed by atoms with Crippen LogP contribution in [-0.2, 0) is 9.53 Å². The maximum absolute atomic E-state index is 13.0. The number of benzene rings is 1. The predicted molar refractivity (Wildman–Crippen MR) is 128 cm³/mol. The van der Waals surface area contributed by atoms with Crippen LogP contribution in [0.25, 0.3) is 10.2 Å². The van der Waals surface area contributed by atoms with Crippen molar-refractivity contribution in [1.82, 2.24) is 14.8 Å². The van der Waals surface area contributed by atoms with E-state index < -0.39 is 0 Å². The molecule has 5 rings (SSSR count). The fraction of sp³-hybridized carbons (Fsp3) is 0.609. The van der Waals surface area contributed by atoms with E-state index in [0.29, 0.717) is 38.0 Å². The number of morpholine rings is 1. The van der Waals surface area contributed by atoms with Gasteiger partial charge in [-0.1, -0.05) is 11.3 Å². The van der Waals surface area contributed by atoms with Crippen LogP contribution in [0.4, 0.5) is 15.6 Å². The second-order valence-electron chi connectivity index (χ2n) is 8.99. The van der Waals surface area contributed by atoms with Crippen LogP contribution in [0.2, 0.25) is 0 Å². The Hall–Kier alpha value is -2.59. The number of piperidine rings is 1. The highest BCUT2D eigenvalue weighted by Crippen LogP contribution is 2.42. The fourth-order valence-electron chi connectivity index (χ4n) is 5.12. The number of carbonyl (C=O) groups is 2. The molecule has 0 saturated carbocycles. The van der Waals surface area contributed by atoms with Gasteiger partial charge in [-0.2, -0.15) is 0 Å². The van der Waals surface area contributed by atoms with E-state index in [2.05, 4.69) is 16.3 Å². The van der Waals surface area contributed by atoms with Gasteiger partial charge in [0.1, 0.15) is 11.3 Å². The Morgan fingerprint density at radius 1 is 1.18 bits per heavy atom. The lowest BCUT2D eigenvalue weighted by Crippen LogP contribution is -2.47. The minimum atomic E-state index is -0.277. The summed E-state index contributed by atoms with van der Waals surface area (Å²) in [6.45, 7) is 7.53. The van der Waals surface area contributed by atoms with Gasteiger partial charge < -0.3 is 24.2 Å². The third-order valence-electron chi connectivity index (χ3n) is 7.09. The second-order valence-corrected chi connectivity index (χ2v) is 9.99. The predicted octanol–water partition coefficient (Wildman–Crippen LogP) is 3.01. The minimum absolute atomic E-state index is 0.159. The zero-order valence-electron chi connectivity index (χ0n) is 19.3. The zero-order valence-corrected chi connectivity index (χ0v) is 20.1. The molecule has 3 fully saturated rings. The maximum Gasteiger partial charge on any atom is 0.323 e. The number of aromatic nitrogens is 1. The molecule has 1 spiro atoms. The SMILES string of the molecule is CCOc1ccc(N2CCOCC2)c2sc(NC(=O)N3CCC4(CCN(C)C4=O)CC3)nc12. The smallest absolute Gasteiger partial charge is 0.323 e. The zero-order chi connectivity index (χ0) is 23.0. The molecule has 10 heteroatoms. The molecule has 4 heterocycles. The number of anilines is 2. The number of thiazole rings is 1. The van der Waals surface area contributed by atoms with Crippen LogP contribution in [0.5, 0.6) is 5.75 Å². The Balaban J connectivity index is 1.33. The van der Waals surface area contributed by atoms with Gasteiger partial charge in [0.15, 0.2) is 5.13 Å². The lowest BCUT2D eigenvalue weighted by atomic mass is 9.77. The van der Waals surface area contributed by atoms with Crippen molar-refractivity contribution in [2.45, 2.75) is 26.2 Å².